The van der Waals surface area contributed by atoms with Crippen molar-refractivity contribution in [1.82, 2.24) is 4.90 Å². The number of halogens is 1. The quantitative estimate of drug-likeness (QED) is 0.456. The van der Waals surface area contributed by atoms with Crippen LogP contribution in [-0.4, -0.2) is 38.2 Å². The zero-order chi connectivity index (χ0) is 23.7. The van der Waals surface area contributed by atoms with Gasteiger partial charge in [0.25, 0.3) is 11.1 Å². The summed E-state index contributed by atoms with van der Waals surface area (Å²) in [6.07, 6.45) is 1.41. The third-order valence-corrected chi connectivity index (χ3v) is 5.86. The van der Waals surface area contributed by atoms with Crippen molar-refractivity contribution < 1.29 is 33.8 Å². The van der Waals surface area contributed by atoms with E-state index in [1.807, 2.05) is 0 Å². The van der Waals surface area contributed by atoms with Gasteiger partial charge in [-0.1, -0.05) is 23.7 Å². The van der Waals surface area contributed by atoms with Crippen molar-refractivity contribution >= 4 is 52.5 Å². The van der Waals surface area contributed by atoms with Crippen molar-refractivity contribution in [3.05, 3.63) is 87.0 Å². The van der Waals surface area contributed by atoms with Crippen molar-refractivity contribution in [3.8, 4) is 11.3 Å². The number of carboxylic acid groups (broad SMARTS) is 2. The fourth-order valence-corrected chi connectivity index (χ4v) is 4.22. The number of benzene rings is 2. The van der Waals surface area contributed by atoms with Gasteiger partial charge in [-0.05, 0) is 59.8 Å². The highest BCUT2D eigenvalue weighted by Crippen LogP contribution is 2.34. The van der Waals surface area contributed by atoms with Gasteiger partial charge in [0.2, 0.25) is 0 Å². The van der Waals surface area contributed by atoms with Gasteiger partial charge < -0.3 is 14.6 Å². The third-order valence-electron chi connectivity index (χ3n) is 4.71. The van der Waals surface area contributed by atoms with E-state index in [1.165, 1.54) is 30.3 Å². The minimum absolute atomic E-state index is 0.0753. The van der Waals surface area contributed by atoms with E-state index < -0.39 is 23.1 Å². The molecule has 10 heteroatoms. The number of amides is 2. The summed E-state index contributed by atoms with van der Waals surface area (Å²) in [7, 11) is 0. The predicted octanol–water partition coefficient (Wildman–Crippen LogP) is 5.23. The van der Waals surface area contributed by atoms with Crippen LogP contribution in [-0.2, 0) is 11.3 Å². The Hall–Kier alpha value is -3.82. The summed E-state index contributed by atoms with van der Waals surface area (Å²) in [5.41, 5.74) is 0.551. The van der Waals surface area contributed by atoms with E-state index in [1.54, 1.807) is 24.3 Å². The minimum Gasteiger partial charge on any atom is -0.478 e. The van der Waals surface area contributed by atoms with Gasteiger partial charge in [0.1, 0.15) is 11.5 Å². The second kappa shape index (κ2) is 8.97. The van der Waals surface area contributed by atoms with Gasteiger partial charge in [0, 0.05) is 16.7 Å². The highest BCUT2D eigenvalue weighted by atomic mass is 35.5. The number of furan rings is 1. The summed E-state index contributed by atoms with van der Waals surface area (Å²) >= 11 is 6.73. The molecule has 1 fully saturated rings. The fourth-order valence-electron chi connectivity index (χ4n) is 3.19. The Kier molecular flexibility index (Phi) is 6.08. The lowest BCUT2D eigenvalue weighted by molar-refractivity contribution is -0.123. The summed E-state index contributed by atoms with van der Waals surface area (Å²) in [5.74, 6) is -2.58. The monoisotopic (exact) mass is 483 g/mol. The normalized spacial score (nSPS) is 14.8. The largest absolute Gasteiger partial charge is 0.478 e. The lowest BCUT2D eigenvalue weighted by Crippen LogP contribution is -2.27. The van der Waals surface area contributed by atoms with Gasteiger partial charge in [-0.25, -0.2) is 9.59 Å². The first-order chi connectivity index (χ1) is 15.7. The van der Waals surface area contributed by atoms with Gasteiger partial charge in [-0.15, -0.1) is 0 Å². The zero-order valence-electron chi connectivity index (χ0n) is 16.6. The first-order valence-corrected chi connectivity index (χ1v) is 10.6. The number of carboxylic acids is 2. The molecule has 2 heterocycles. The number of rotatable bonds is 6. The molecule has 0 unspecified atom stereocenters. The molecule has 2 N–H and O–H groups in total. The molecule has 33 heavy (non-hydrogen) atoms. The van der Waals surface area contributed by atoms with Crippen LogP contribution in [0.1, 0.15) is 32.0 Å². The molecule has 3 aromatic rings. The molecule has 166 valence electrons. The highest BCUT2D eigenvalue weighted by Gasteiger charge is 2.35. The minimum atomic E-state index is -1.28. The number of carbonyl (C=O) groups excluding carboxylic acids is 2. The number of thioether (sulfide) groups is 1. The second-order valence-electron chi connectivity index (χ2n) is 7.01. The van der Waals surface area contributed by atoms with Crippen molar-refractivity contribution in [2.75, 3.05) is 0 Å². The van der Waals surface area contributed by atoms with Crippen LogP contribution < -0.4 is 0 Å². The molecule has 0 atom stereocenters. The number of hydrogen-bond acceptors (Lipinski definition) is 6. The molecule has 1 aliphatic heterocycles. The molecule has 0 aliphatic carbocycles. The topological polar surface area (TPSA) is 125 Å². The molecule has 0 radical (unpaired) electrons. The summed E-state index contributed by atoms with van der Waals surface area (Å²) in [6.45, 7) is 0.0753. The van der Waals surface area contributed by atoms with Gasteiger partial charge in [0.15, 0.2) is 0 Å². The maximum Gasteiger partial charge on any atom is 0.335 e. The standard InChI is InChI=1S/C23H14ClNO7S/c24-16-3-1-2-12(6-16)11-25-20(26)19(33-23(25)31)10-17-4-5-18(32-17)13-7-14(21(27)28)9-15(8-13)22(29)30/h1-10H,11H2,(H,27,28)(H,29,30)/b19-10-. The summed E-state index contributed by atoms with van der Waals surface area (Å²) in [4.78, 5) is 49.0. The van der Waals surface area contributed by atoms with E-state index in [-0.39, 0.29) is 39.7 Å². The second-order valence-corrected chi connectivity index (χ2v) is 8.44. The molecule has 0 spiro atoms. The van der Waals surface area contributed by atoms with Crippen LogP contribution >= 0.6 is 23.4 Å². The van der Waals surface area contributed by atoms with Crippen LogP contribution in [0.3, 0.4) is 0 Å². The van der Waals surface area contributed by atoms with Crippen LogP contribution in [0.4, 0.5) is 4.79 Å². The Morgan fingerprint density at radius 1 is 1.00 bits per heavy atom. The lowest BCUT2D eigenvalue weighted by Gasteiger charge is -2.12. The number of hydrogen-bond donors (Lipinski definition) is 2. The van der Waals surface area contributed by atoms with E-state index >= 15 is 0 Å². The van der Waals surface area contributed by atoms with E-state index in [0.717, 1.165) is 22.7 Å². The van der Waals surface area contributed by atoms with Gasteiger partial charge in [-0.3, -0.25) is 14.5 Å². The van der Waals surface area contributed by atoms with Crippen LogP contribution in [0.15, 0.2) is 63.9 Å². The molecule has 0 saturated carbocycles. The van der Waals surface area contributed by atoms with Gasteiger partial charge in [0.05, 0.1) is 22.6 Å². The molecule has 1 saturated heterocycles. The maximum atomic E-state index is 12.7. The van der Waals surface area contributed by atoms with Gasteiger partial charge >= 0.3 is 11.9 Å². The Bertz CT molecular complexity index is 1310. The predicted molar refractivity (Wildman–Crippen MR) is 121 cm³/mol. The van der Waals surface area contributed by atoms with E-state index in [0.29, 0.717) is 10.6 Å². The Balaban J connectivity index is 1.59. The van der Waals surface area contributed by atoms with E-state index in [4.69, 9.17) is 16.0 Å². The van der Waals surface area contributed by atoms with Crippen molar-refractivity contribution in [2.45, 2.75) is 6.54 Å². The highest BCUT2D eigenvalue weighted by molar-refractivity contribution is 8.18. The Labute approximate surface area is 196 Å². The third kappa shape index (κ3) is 4.84. The molecule has 0 bridgehead atoms. The number of nitrogens with zero attached hydrogens (tertiary/aromatic N) is 1. The van der Waals surface area contributed by atoms with Crippen LogP contribution in [0.2, 0.25) is 5.02 Å². The average Bonchev–Trinajstić information content (AvgIpc) is 3.34. The molecule has 1 aliphatic rings. The Morgan fingerprint density at radius 3 is 2.33 bits per heavy atom. The molecule has 8 nitrogen and oxygen atoms in total. The molecule has 1 aromatic heterocycles. The molecule has 2 amide bonds. The van der Waals surface area contributed by atoms with Crippen LogP contribution in [0.25, 0.3) is 17.4 Å². The lowest BCUT2D eigenvalue weighted by atomic mass is 10.0. The van der Waals surface area contributed by atoms with Crippen molar-refractivity contribution in [2.24, 2.45) is 0 Å². The van der Waals surface area contributed by atoms with Crippen LogP contribution in [0, 0.1) is 0 Å². The maximum absolute atomic E-state index is 12.7. The molecular formula is C23H14ClNO7S. The van der Waals surface area contributed by atoms with Crippen LogP contribution in [0.5, 0.6) is 0 Å². The smallest absolute Gasteiger partial charge is 0.335 e. The van der Waals surface area contributed by atoms with Crippen molar-refractivity contribution in [1.29, 1.82) is 0 Å². The molecule has 2 aromatic carbocycles. The van der Waals surface area contributed by atoms with Crippen molar-refractivity contribution in [3.63, 3.8) is 0 Å². The van der Waals surface area contributed by atoms with E-state index in [2.05, 4.69) is 0 Å². The van der Waals surface area contributed by atoms with Gasteiger partial charge in [-0.2, -0.15) is 0 Å². The molecule has 4 rings (SSSR count). The Morgan fingerprint density at radius 2 is 1.70 bits per heavy atom. The summed E-state index contributed by atoms with van der Waals surface area (Å²) in [5, 5.41) is 18.5. The first-order valence-electron chi connectivity index (χ1n) is 9.43. The van der Waals surface area contributed by atoms with E-state index in [9.17, 15) is 29.4 Å². The SMILES string of the molecule is O=C(O)c1cc(C(=O)O)cc(-c2ccc(/C=C3\SC(=O)N(Cc4cccc(Cl)c4)C3=O)o2)c1. The molecular weight excluding hydrogens is 470 g/mol. The fraction of sp³-hybridized carbons (Fsp3) is 0.0435. The number of aromatic carboxylic acids is 2. The average molecular weight is 484 g/mol. The number of carbonyl (C=O) groups is 4. The zero-order valence-corrected chi connectivity index (χ0v) is 18.2. The first kappa shape index (κ1) is 22.4. The summed E-state index contributed by atoms with van der Waals surface area (Å²) < 4.78 is 5.68. The summed E-state index contributed by atoms with van der Waals surface area (Å²) in [6, 6.07) is 13.5. The number of imide groups is 1.